The maximum atomic E-state index is 12.2. The minimum absolute atomic E-state index is 0.168. The van der Waals surface area contributed by atoms with Crippen molar-refractivity contribution in [3.8, 4) is 11.1 Å². The van der Waals surface area contributed by atoms with Crippen molar-refractivity contribution < 1.29 is 8.42 Å². The number of benzene rings is 2. The van der Waals surface area contributed by atoms with Gasteiger partial charge in [-0.05, 0) is 55.0 Å². The van der Waals surface area contributed by atoms with Crippen LogP contribution in [0.5, 0.6) is 0 Å². The summed E-state index contributed by atoms with van der Waals surface area (Å²) in [6.45, 7) is 10.5. The van der Waals surface area contributed by atoms with Gasteiger partial charge in [0.25, 0.3) is 0 Å². The van der Waals surface area contributed by atoms with Crippen molar-refractivity contribution in [1.82, 2.24) is 4.72 Å². The Labute approximate surface area is 155 Å². The molecule has 26 heavy (non-hydrogen) atoms. The Bertz CT molecular complexity index is 968. The molecule has 2 aromatic rings. The van der Waals surface area contributed by atoms with E-state index in [0.29, 0.717) is 5.69 Å². The first-order valence-corrected chi connectivity index (χ1v) is 10.2. The van der Waals surface area contributed by atoms with Crippen molar-refractivity contribution in [2.24, 2.45) is 0 Å². The number of hydrogen-bond acceptors (Lipinski definition) is 2. The maximum Gasteiger partial charge on any atom is 0.214 e. The zero-order valence-corrected chi connectivity index (χ0v) is 15.8. The van der Waals surface area contributed by atoms with E-state index >= 15 is 0 Å². The number of nitrogens with zero attached hydrogens (tertiary/aromatic N) is 1. The lowest BCUT2D eigenvalue weighted by Gasteiger charge is -2.19. The quantitative estimate of drug-likeness (QED) is 0.774. The highest BCUT2D eigenvalue weighted by Crippen LogP contribution is 2.31. The molecule has 0 aromatic heterocycles. The zero-order valence-electron chi connectivity index (χ0n) is 14.9. The molecule has 3 rings (SSSR count). The minimum Gasteiger partial charge on any atom is -0.238 e. The van der Waals surface area contributed by atoms with Gasteiger partial charge < -0.3 is 0 Å². The highest BCUT2D eigenvalue weighted by Gasteiger charge is 2.27. The Balaban J connectivity index is 1.83. The molecule has 1 atom stereocenters. The summed E-state index contributed by atoms with van der Waals surface area (Å²) < 4.78 is 27.2. The van der Waals surface area contributed by atoms with Gasteiger partial charge >= 0.3 is 0 Å². The maximum absolute atomic E-state index is 12.2. The summed E-state index contributed by atoms with van der Waals surface area (Å²) in [7, 11) is -3.30. The molecular weight excluding hydrogens is 344 g/mol. The van der Waals surface area contributed by atoms with Crippen LogP contribution in [0, 0.1) is 6.57 Å². The fourth-order valence-corrected chi connectivity index (χ4v) is 4.00. The summed E-state index contributed by atoms with van der Waals surface area (Å²) >= 11 is 0. The van der Waals surface area contributed by atoms with E-state index in [9.17, 15) is 8.42 Å². The average Bonchev–Trinajstić information content (AvgIpc) is 3.09. The number of sulfonamides is 1. The number of allylic oxidation sites excluding steroid dienone is 1. The normalized spacial score (nSPS) is 17.2. The number of hydrogen-bond donors (Lipinski definition) is 1. The van der Waals surface area contributed by atoms with Crippen molar-refractivity contribution in [2.45, 2.75) is 38.0 Å². The summed E-state index contributed by atoms with van der Waals surface area (Å²) in [5.41, 5.74) is 4.73. The lowest BCUT2D eigenvalue weighted by Crippen LogP contribution is -2.38. The summed E-state index contributed by atoms with van der Waals surface area (Å²) in [6.07, 6.45) is 3.77. The molecule has 1 aliphatic rings. The smallest absolute Gasteiger partial charge is 0.214 e. The van der Waals surface area contributed by atoms with Crippen molar-refractivity contribution in [3.05, 3.63) is 71.6 Å². The molecule has 0 fully saturated rings. The largest absolute Gasteiger partial charge is 0.238 e. The van der Waals surface area contributed by atoms with E-state index in [2.05, 4.69) is 15.6 Å². The first-order valence-electron chi connectivity index (χ1n) is 8.70. The van der Waals surface area contributed by atoms with E-state index in [1.165, 1.54) is 0 Å². The van der Waals surface area contributed by atoms with Gasteiger partial charge in [-0.3, -0.25) is 0 Å². The van der Waals surface area contributed by atoms with E-state index < -0.39 is 15.3 Å². The van der Waals surface area contributed by atoms with Gasteiger partial charge in [-0.1, -0.05) is 48.5 Å². The Kier molecular flexibility index (Phi) is 5.26. The van der Waals surface area contributed by atoms with Crippen LogP contribution in [0.15, 0.2) is 54.6 Å². The standard InChI is InChI=1S/C21H22N2O2S/c1-15(2)26(24,25)23-21-9-5-8-20(21)17-12-10-16(11-13-17)18-6-4-7-19(14-18)22-3/h4,6-8,10-15,21,23H,5,9H2,1-2H3. The second-order valence-corrected chi connectivity index (χ2v) is 9.01. The van der Waals surface area contributed by atoms with Crippen LogP contribution in [0.3, 0.4) is 0 Å². The third kappa shape index (κ3) is 3.87. The van der Waals surface area contributed by atoms with Crippen LogP contribution in [0.2, 0.25) is 0 Å². The molecule has 1 aliphatic carbocycles. The third-order valence-electron chi connectivity index (χ3n) is 4.65. The molecule has 0 saturated heterocycles. The molecule has 2 aromatic carbocycles. The highest BCUT2D eigenvalue weighted by atomic mass is 32.2. The van der Waals surface area contributed by atoms with Crippen LogP contribution in [0.4, 0.5) is 5.69 Å². The fraction of sp³-hybridized carbons (Fsp3) is 0.286. The average molecular weight is 366 g/mol. The Hall–Kier alpha value is -2.42. The number of nitrogens with one attached hydrogen (secondary N) is 1. The third-order valence-corrected chi connectivity index (χ3v) is 6.50. The molecule has 0 amide bonds. The molecule has 1 unspecified atom stereocenters. The molecule has 4 nitrogen and oxygen atoms in total. The van der Waals surface area contributed by atoms with Crippen molar-refractivity contribution in [3.63, 3.8) is 0 Å². The fourth-order valence-electron chi connectivity index (χ4n) is 3.09. The molecular formula is C21H22N2O2S. The molecule has 0 spiro atoms. The van der Waals surface area contributed by atoms with Gasteiger partial charge in [0.2, 0.25) is 10.0 Å². The molecule has 0 aliphatic heterocycles. The zero-order chi connectivity index (χ0) is 18.7. The van der Waals surface area contributed by atoms with Gasteiger partial charge in [0, 0.05) is 6.04 Å². The first-order chi connectivity index (χ1) is 12.4. The molecule has 1 N–H and O–H groups in total. The van der Waals surface area contributed by atoms with Crippen LogP contribution < -0.4 is 4.72 Å². The molecule has 5 heteroatoms. The highest BCUT2D eigenvalue weighted by molar-refractivity contribution is 7.90. The lowest BCUT2D eigenvalue weighted by molar-refractivity contribution is 0.561. The predicted molar refractivity (Wildman–Crippen MR) is 106 cm³/mol. The van der Waals surface area contributed by atoms with Gasteiger partial charge in [0.15, 0.2) is 5.69 Å². The van der Waals surface area contributed by atoms with Gasteiger partial charge in [0.1, 0.15) is 0 Å². The topological polar surface area (TPSA) is 50.5 Å². The SMILES string of the molecule is [C-]#[N+]c1cccc(-c2ccc(C3=CCCC3NS(=O)(=O)C(C)C)cc2)c1. The summed E-state index contributed by atoms with van der Waals surface area (Å²) in [6, 6.07) is 15.4. The summed E-state index contributed by atoms with van der Waals surface area (Å²) in [4.78, 5) is 3.47. The Morgan fingerprint density at radius 2 is 1.77 bits per heavy atom. The van der Waals surface area contributed by atoms with Crippen molar-refractivity contribution in [2.75, 3.05) is 0 Å². The van der Waals surface area contributed by atoms with Crippen LogP contribution >= 0.6 is 0 Å². The van der Waals surface area contributed by atoms with Gasteiger partial charge in [-0.25, -0.2) is 18.0 Å². The van der Waals surface area contributed by atoms with Crippen LogP contribution in [0.1, 0.15) is 32.3 Å². The van der Waals surface area contributed by atoms with E-state index in [1.54, 1.807) is 19.9 Å². The number of rotatable bonds is 5. The molecule has 0 saturated carbocycles. The molecule has 0 heterocycles. The molecule has 134 valence electrons. The first kappa shape index (κ1) is 18.4. The predicted octanol–water partition coefficient (Wildman–Crippen LogP) is 4.78. The van der Waals surface area contributed by atoms with E-state index in [4.69, 9.17) is 6.57 Å². The van der Waals surface area contributed by atoms with Crippen LogP contribution in [-0.2, 0) is 10.0 Å². The van der Waals surface area contributed by atoms with Crippen LogP contribution in [0.25, 0.3) is 21.5 Å². The monoisotopic (exact) mass is 366 g/mol. The second kappa shape index (κ2) is 7.45. The molecule has 0 radical (unpaired) electrons. The minimum atomic E-state index is -3.30. The van der Waals surface area contributed by atoms with Crippen molar-refractivity contribution in [1.29, 1.82) is 0 Å². The van der Waals surface area contributed by atoms with E-state index in [0.717, 1.165) is 35.1 Å². The lowest BCUT2D eigenvalue weighted by atomic mass is 9.98. The van der Waals surface area contributed by atoms with E-state index in [-0.39, 0.29) is 6.04 Å². The molecule has 0 bridgehead atoms. The van der Waals surface area contributed by atoms with Gasteiger partial charge in [0.05, 0.1) is 11.8 Å². The van der Waals surface area contributed by atoms with E-state index in [1.807, 2.05) is 42.5 Å². The van der Waals surface area contributed by atoms with Crippen LogP contribution in [-0.4, -0.2) is 19.7 Å². The summed E-state index contributed by atoms with van der Waals surface area (Å²) in [5, 5.41) is -0.443. The second-order valence-electron chi connectivity index (χ2n) is 6.74. The Morgan fingerprint density at radius 1 is 1.08 bits per heavy atom. The van der Waals surface area contributed by atoms with Gasteiger partial charge in [-0.15, -0.1) is 0 Å². The van der Waals surface area contributed by atoms with Crippen molar-refractivity contribution >= 4 is 21.3 Å². The van der Waals surface area contributed by atoms with Gasteiger partial charge in [-0.2, -0.15) is 0 Å². The Morgan fingerprint density at radius 3 is 2.42 bits per heavy atom. The summed E-state index contributed by atoms with van der Waals surface area (Å²) in [5.74, 6) is 0.